The van der Waals surface area contributed by atoms with Crippen molar-refractivity contribution in [3.8, 4) is 0 Å². The average Bonchev–Trinajstić information content (AvgIpc) is 2.98. The van der Waals surface area contributed by atoms with E-state index in [-0.39, 0.29) is 6.10 Å². The number of hydrogen-bond donors (Lipinski definition) is 2. The Hall–Kier alpha value is -0.850. The van der Waals surface area contributed by atoms with Crippen LogP contribution in [-0.2, 0) is 0 Å². The minimum atomic E-state index is -0.203. The standard InChI is InChI=1S/C17H35N5O/c1-4-18-17(22-7-6-16(23)14-22)19-12-15(3)13-21-10-8-20(5-2)9-11-21/h15-16,23H,4-14H2,1-3H3,(H,18,19)/t15?,16-/m1/s1. The fourth-order valence-corrected chi connectivity index (χ4v) is 3.39. The highest BCUT2D eigenvalue weighted by Gasteiger charge is 2.23. The Labute approximate surface area is 141 Å². The second-order valence-corrected chi connectivity index (χ2v) is 6.92. The fourth-order valence-electron chi connectivity index (χ4n) is 3.39. The summed E-state index contributed by atoms with van der Waals surface area (Å²) in [6.07, 6.45) is 0.646. The van der Waals surface area contributed by atoms with Crippen LogP contribution < -0.4 is 5.32 Å². The molecule has 0 amide bonds. The molecule has 0 aromatic rings. The summed E-state index contributed by atoms with van der Waals surface area (Å²) in [4.78, 5) is 12.1. The summed E-state index contributed by atoms with van der Waals surface area (Å²) in [5, 5.41) is 13.1. The molecule has 0 saturated carbocycles. The first-order valence-corrected chi connectivity index (χ1v) is 9.28. The van der Waals surface area contributed by atoms with Gasteiger partial charge in [0.2, 0.25) is 0 Å². The molecule has 2 rings (SSSR count). The minimum Gasteiger partial charge on any atom is -0.391 e. The van der Waals surface area contributed by atoms with Crippen LogP contribution in [0.15, 0.2) is 4.99 Å². The van der Waals surface area contributed by atoms with Crippen molar-refractivity contribution in [1.82, 2.24) is 20.0 Å². The number of β-amino-alcohol motifs (C(OH)–C–C–N with tert-alkyl or cyclic N) is 1. The van der Waals surface area contributed by atoms with Crippen molar-refractivity contribution in [1.29, 1.82) is 0 Å². The highest BCUT2D eigenvalue weighted by molar-refractivity contribution is 5.80. The number of aliphatic hydroxyl groups excluding tert-OH is 1. The smallest absolute Gasteiger partial charge is 0.194 e. The van der Waals surface area contributed by atoms with Crippen LogP contribution >= 0.6 is 0 Å². The molecule has 0 aromatic heterocycles. The van der Waals surface area contributed by atoms with Crippen molar-refractivity contribution in [2.45, 2.75) is 33.3 Å². The number of likely N-dealkylation sites (tertiary alicyclic amines) is 1. The summed E-state index contributed by atoms with van der Waals surface area (Å²) in [6, 6.07) is 0. The second-order valence-electron chi connectivity index (χ2n) is 6.92. The number of guanidine groups is 1. The van der Waals surface area contributed by atoms with E-state index in [1.54, 1.807) is 0 Å². The van der Waals surface area contributed by atoms with E-state index in [1.807, 2.05) is 0 Å². The van der Waals surface area contributed by atoms with Crippen molar-refractivity contribution in [2.24, 2.45) is 10.9 Å². The Balaban J connectivity index is 1.77. The third-order valence-corrected chi connectivity index (χ3v) is 4.83. The van der Waals surface area contributed by atoms with E-state index < -0.39 is 0 Å². The zero-order valence-corrected chi connectivity index (χ0v) is 15.2. The van der Waals surface area contributed by atoms with Crippen LogP contribution in [0.5, 0.6) is 0 Å². The maximum atomic E-state index is 9.72. The molecule has 6 heteroatoms. The number of hydrogen-bond acceptors (Lipinski definition) is 4. The summed E-state index contributed by atoms with van der Waals surface area (Å²) >= 11 is 0. The lowest BCUT2D eigenvalue weighted by Gasteiger charge is -2.35. The van der Waals surface area contributed by atoms with Crippen LogP contribution in [0.4, 0.5) is 0 Å². The lowest BCUT2D eigenvalue weighted by atomic mass is 10.1. The summed E-state index contributed by atoms with van der Waals surface area (Å²) in [7, 11) is 0. The van der Waals surface area contributed by atoms with Gasteiger partial charge in [0.15, 0.2) is 5.96 Å². The highest BCUT2D eigenvalue weighted by atomic mass is 16.3. The van der Waals surface area contributed by atoms with E-state index in [4.69, 9.17) is 4.99 Å². The zero-order valence-electron chi connectivity index (χ0n) is 15.2. The van der Waals surface area contributed by atoms with Gasteiger partial charge in [0, 0.05) is 58.9 Å². The lowest BCUT2D eigenvalue weighted by molar-refractivity contribution is 0.125. The van der Waals surface area contributed by atoms with Crippen LogP contribution in [0.25, 0.3) is 0 Å². The van der Waals surface area contributed by atoms with Crippen LogP contribution in [0, 0.1) is 5.92 Å². The predicted molar refractivity (Wildman–Crippen MR) is 95.9 cm³/mol. The molecule has 1 unspecified atom stereocenters. The van der Waals surface area contributed by atoms with Gasteiger partial charge in [0.05, 0.1) is 6.10 Å². The molecule has 2 fully saturated rings. The maximum Gasteiger partial charge on any atom is 0.194 e. The summed E-state index contributed by atoms with van der Waals surface area (Å²) in [5.41, 5.74) is 0. The first-order valence-electron chi connectivity index (χ1n) is 9.28. The Morgan fingerprint density at radius 1 is 1.17 bits per heavy atom. The van der Waals surface area contributed by atoms with E-state index in [0.717, 1.165) is 38.6 Å². The topological polar surface area (TPSA) is 54.3 Å². The third-order valence-electron chi connectivity index (χ3n) is 4.83. The van der Waals surface area contributed by atoms with Crippen LogP contribution in [-0.4, -0.2) is 97.3 Å². The van der Waals surface area contributed by atoms with E-state index >= 15 is 0 Å². The minimum absolute atomic E-state index is 0.203. The van der Waals surface area contributed by atoms with Gasteiger partial charge in [0.1, 0.15) is 0 Å². The quantitative estimate of drug-likeness (QED) is 0.543. The van der Waals surface area contributed by atoms with Crippen molar-refractivity contribution in [2.75, 3.05) is 65.4 Å². The molecular formula is C17H35N5O. The van der Waals surface area contributed by atoms with Crippen molar-refractivity contribution < 1.29 is 5.11 Å². The summed E-state index contributed by atoms with van der Waals surface area (Å²) in [6.45, 7) is 17.0. The number of aliphatic imine (C=N–C) groups is 1. The average molecular weight is 326 g/mol. The largest absolute Gasteiger partial charge is 0.391 e. The normalized spacial score (nSPS) is 25.8. The molecule has 0 aromatic carbocycles. The first-order chi connectivity index (χ1) is 11.1. The number of likely N-dealkylation sites (N-methyl/N-ethyl adjacent to an activating group) is 1. The zero-order chi connectivity index (χ0) is 16.7. The summed E-state index contributed by atoms with van der Waals surface area (Å²) in [5.74, 6) is 1.52. The Morgan fingerprint density at radius 2 is 1.87 bits per heavy atom. The molecular weight excluding hydrogens is 290 g/mol. The first kappa shape index (κ1) is 18.5. The summed E-state index contributed by atoms with van der Waals surface area (Å²) < 4.78 is 0. The van der Waals surface area contributed by atoms with Gasteiger partial charge >= 0.3 is 0 Å². The van der Waals surface area contributed by atoms with E-state index in [1.165, 1.54) is 32.7 Å². The molecule has 6 nitrogen and oxygen atoms in total. The number of aliphatic hydroxyl groups is 1. The number of rotatable bonds is 6. The van der Waals surface area contributed by atoms with Gasteiger partial charge in [-0.1, -0.05) is 13.8 Å². The highest BCUT2D eigenvalue weighted by Crippen LogP contribution is 2.10. The molecule has 2 aliphatic heterocycles. The van der Waals surface area contributed by atoms with Gasteiger partial charge in [-0.05, 0) is 25.8 Å². The molecule has 2 aliphatic rings. The van der Waals surface area contributed by atoms with Gasteiger partial charge in [-0.2, -0.15) is 0 Å². The lowest BCUT2D eigenvalue weighted by Crippen LogP contribution is -2.47. The van der Waals surface area contributed by atoms with Crippen LogP contribution in [0.3, 0.4) is 0 Å². The SMILES string of the molecule is CCNC(=NCC(C)CN1CCN(CC)CC1)N1CC[C@@H](O)C1. The van der Waals surface area contributed by atoms with Gasteiger partial charge < -0.3 is 25.1 Å². The van der Waals surface area contributed by atoms with Crippen molar-refractivity contribution in [3.63, 3.8) is 0 Å². The predicted octanol–water partition coefficient (Wildman–Crippen LogP) is 0.292. The van der Waals surface area contributed by atoms with Gasteiger partial charge in [-0.25, -0.2) is 0 Å². The molecule has 0 radical (unpaired) electrons. The van der Waals surface area contributed by atoms with E-state index in [9.17, 15) is 5.11 Å². The molecule has 0 aliphatic carbocycles. The third kappa shape index (κ3) is 5.94. The van der Waals surface area contributed by atoms with Crippen molar-refractivity contribution >= 4 is 5.96 Å². The molecule has 2 heterocycles. The van der Waals surface area contributed by atoms with Crippen LogP contribution in [0.1, 0.15) is 27.2 Å². The number of nitrogens with zero attached hydrogens (tertiary/aromatic N) is 4. The molecule has 2 N–H and O–H groups in total. The maximum absolute atomic E-state index is 9.72. The van der Waals surface area contributed by atoms with Gasteiger partial charge in [-0.3, -0.25) is 4.99 Å². The second kappa shape index (κ2) is 9.45. The number of nitrogens with one attached hydrogen (secondary N) is 1. The van der Waals surface area contributed by atoms with E-state index in [0.29, 0.717) is 12.5 Å². The van der Waals surface area contributed by atoms with Gasteiger partial charge in [-0.15, -0.1) is 0 Å². The molecule has 23 heavy (non-hydrogen) atoms. The monoisotopic (exact) mass is 325 g/mol. The molecule has 0 bridgehead atoms. The molecule has 2 saturated heterocycles. The Morgan fingerprint density at radius 3 is 2.43 bits per heavy atom. The van der Waals surface area contributed by atoms with Crippen LogP contribution in [0.2, 0.25) is 0 Å². The Bertz CT molecular complexity index is 368. The molecule has 0 spiro atoms. The molecule has 2 atom stereocenters. The Kier molecular flexibility index (Phi) is 7.59. The van der Waals surface area contributed by atoms with E-state index in [2.05, 4.69) is 40.8 Å². The fraction of sp³-hybridized carbons (Fsp3) is 0.941. The number of piperazine rings is 1. The molecule has 134 valence electrons. The van der Waals surface area contributed by atoms with Crippen molar-refractivity contribution in [3.05, 3.63) is 0 Å². The van der Waals surface area contributed by atoms with Gasteiger partial charge in [0.25, 0.3) is 0 Å².